The summed E-state index contributed by atoms with van der Waals surface area (Å²) in [6.45, 7) is 9.81. The van der Waals surface area contributed by atoms with Crippen LogP contribution in [0.4, 0.5) is 0 Å². The molecular formula is C11H20N2O3SSi. The second-order valence-corrected chi connectivity index (χ2v) is 12.5. The van der Waals surface area contributed by atoms with Crippen molar-refractivity contribution in [2.75, 3.05) is 0 Å². The van der Waals surface area contributed by atoms with E-state index in [-0.39, 0.29) is 22.0 Å². The molecule has 0 spiro atoms. The molecule has 2 fully saturated rings. The molecule has 0 radical (unpaired) electrons. The second kappa shape index (κ2) is 3.98. The van der Waals surface area contributed by atoms with E-state index >= 15 is 0 Å². The van der Waals surface area contributed by atoms with Gasteiger partial charge < -0.3 is 15.1 Å². The molecule has 2 aliphatic rings. The van der Waals surface area contributed by atoms with Gasteiger partial charge in [-0.1, -0.05) is 0 Å². The Morgan fingerprint density at radius 3 is 2.50 bits per heavy atom. The largest absolute Gasteiger partial charge is 0.518 e. The summed E-state index contributed by atoms with van der Waals surface area (Å²) in [6, 6.07) is -0.981. The average Bonchev–Trinajstić information content (AvgIpc) is 2.44. The van der Waals surface area contributed by atoms with E-state index in [4.69, 9.17) is 10.2 Å². The van der Waals surface area contributed by atoms with E-state index in [1.54, 1.807) is 16.7 Å². The number of carbonyl (C=O) groups excluding carboxylic acids is 2. The summed E-state index contributed by atoms with van der Waals surface area (Å²) in [6.07, 6.45) is 0. The molecule has 2 aliphatic heterocycles. The molecule has 18 heavy (non-hydrogen) atoms. The molecule has 3 atom stereocenters. The van der Waals surface area contributed by atoms with Crippen LogP contribution in [0.15, 0.2) is 0 Å². The number of hydrogen-bond donors (Lipinski definition) is 1. The molecule has 2 heterocycles. The van der Waals surface area contributed by atoms with Gasteiger partial charge in [0.15, 0.2) is 0 Å². The van der Waals surface area contributed by atoms with Crippen molar-refractivity contribution >= 4 is 32.0 Å². The first-order valence-corrected chi connectivity index (χ1v) is 10.3. The standard InChI is InChI=1S/C11H20N2O3SSi/c1-11(2)7(10(15)16-18(3,4)5)13-8(14)6(12)9(13)17-11/h6-7,9H,12H2,1-5H3/t6?,7-,9+/m0/s1. The van der Waals surface area contributed by atoms with Crippen LogP contribution in [0.2, 0.25) is 19.6 Å². The summed E-state index contributed by atoms with van der Waals surface area (Å²) < 4.78 is 5.20. The number of β-lactam (4-membered cyclic amide) rings is 1. The maximum atomic E-state index is 12.3. The number of carbonyl (C=O) groups is 2. The Kier molecular flexibility index (Phi) is 3.07. The van der Waals surface area contributed by atoms with E-state index < -0.39 is 20.4 Å². The Bertz CT molecular complexity index is 408. The third-order valence-electron chi connectivity index (χ3n) is 3.11. The van der Waals surface area contributed by atoms with E-state index in [9.17, 15) is 9.59 Å². The Morgan fingerprint density at radius 1 is 1.44 bits per heavy atom. The van der Waals surface area contributed by atoms with Crippen LogP contribution in [0.25, 0.3) is 0 Å². The Balaban J connectivity index is 2.21. The lowest BCUT2D eigenvalue weighted by molar-refractivity contribution is -0.158. The zero-order chi connectivity index (χ0) is 13.9. The zero-order valence-electron chi connectivity index (χ0n) is 11.4. The molecule has 2 rings (SSSR count). The Hall–Kier alpha value is -0.533. The van der Waals surface area contributed by atoms with Gasteiger partial charge in [0.1, 0.15) is 17.5 Å². The Labute approximate surface area is 113 Å². The highest BCUT2D eigenvalue weighted by molar-refractivity contribution is 8.01. The molecule has 0 bridgehead atoms. The summed E-state index contributed by atoms with van der Waals surface area (Å²) in [4.78, 5) is 25.7. The van der Waals surface area contributed by atoms with Gasteiger partial charge in [0.05, 0.1) is 0 Å². The van der Waals surface area contributed by atoms with Crippen LogP contribution in [0.5, 0.6) is 0 Å². The predicted molar refractivity (Wildman–Crippen MR) is 73.5 cm³/mol. The summed E-state index contributed by atoms with van der Waals surface area (Å²) in [5.74, 6) is -0.426. The molecule has 0 saturated carbocycles. The number of amides is 1. The SMILES string of the molecule is CC1(C)S[C@@H]2C(N)C(=O)N2[C@H]1C(=O)O[Si](C)(C)C. The summed E-state index contributed by atoms with van der Waals surface area (Å²) >= 11 is 1.59. The number of nitrogens with zero attached hydrogens (tertiary/aromatic N) is 1. The number of nitrogens with two attached hydrogens (primary N) is 1. The fourth-order valence-corrected chi connectivity index (χ4v) is 4.66. The van der Waals surface area contributed by atoms with Crippen LogP contribution >= 0.6 is 11.8 Å². The fourth-order valence-electron chi connectivity index (χ4n) is 2.38. The van der Waals surface area contributed by atoms with Gasteiger partial charge in [0.2, 0.25) is 14.2 Å². The highest BCUT2D eigenvalue weighted by Gasteiger charge is 2.63. The lowest BCUT2D eigenvalue weighted by Crippen LogP contribution is -2.69. The first-order valence-electron chi connectivity index (χ1n) is 6.03. The highest BCUT2D eigenvalue weighted by atomic mass is 32.2. The third kappa shape index (κ3) is 2.08. The molecule has 0 aliphatic carbocycles. The van der Waals surface area contributed by atoms with Gasteiger partial charge in [0.25, 0.3) is 0 Å². The van der Waals surface area contributed by atoms with Crippen LogP contribution in [0.3, 0.4) is 0 Å². The third-order valence-corrected chi connectivity index (χ3v) is 5.52. The van der Waals surface area contributed by atoms with Gasteiger partial charge in [-0.05, 0) is 33.5 Å². The van der Waals surface area contributed by atoms with Gasteiger partial charge in [-0.25, -0.2) is 0 Å². The lowest BCUT2D eigenvalue weighted by atomic mass is 9.96. The molecule has 102 valence electrons. The maximum absolute atomic E-state index is 12.3. The van der Waals surface area contributed by atoms with Crippen molar-refractivity contribution in [3.05, 3.63) is 0 Å². The monoisotopic (exact) mass is 288 g/mol. The van der Waals surface area contributed by atoms with Crippen molar-refractivity contribution in [2.24, 2.45) is 5.73 Å². The number of hydrogen-bond acceptors (Lipinski definition) is 5. The summed E-state index contributed by atoms with van der Waals surface area (Å²) in [5, 5.41) is -0.0771. The topological polar surface area (TPSA) is 72.6 Å². The molecule has 1 amide bonds. The number of thioether (sulfide) groups is 1. The highest BCUT2D eigenvalue weighted by Crippen LogP contribution is 2.50. The van der Waals surface area contributed by atoms with Gasteiger partial charge in [-0.15, -0.1) is 11.8 Å². The van der Waals surface area contributed by atoms with Crippen molar-refractivity contribution in [3.63, 3.8) is 0 Å². The molecule has 1 unspecified atom stereocenters. The minimum Gasteiger partial charge on any atom is -0.518 e. The first kappa shape index (κ1) is 13.9. The van der Waals surface area contributed by atoms with Crippen LogP contribution < -0.4 is 5.73 Å². The minimum atomic E-state index is -1.94. The van der Waals surface area contributed by atoms with Crippen molar-refractivity contribution in [3.8, 4) is 0 Å². The second-order valence-electron chi connectivity index (χ2n) is 6.32. The van der Waals surface area contributed by atoms with Crippen LogP contribution in [-0.4, -0.2) is 47.3 Å². The van der Waals surface area contributed by atoms with Crippen molar-refractivity contribution in [2.45, 2.75) is 55.7 Å². The Morgan fingerprint density at radius 2 is 2.00 bits per heavy atom. The number of fused-ring (bicyclic) bond motifs is 1. The van der Waals surface area contributed by atoms with Crippen molar-refractivity contribution < 1.29 is 14.0 Å². The number of rotatable bonds is 2. The summed E-state index contributed by atoms with van der Waals surface area (Å²) in [7, 11) is -1.94. The van der Waals surface area contributed by atoms with Crippen LogP contribution in [0, 0.1) is 0 Å². The van der Waals surface area contributed by atoms with Gasteiger partial charge in [0, 0.05) is 4.75 Å². The van der Waals surface area contributed by atoms with Crippen molar-refractivity contribution in [1.29, 1.82) is 0 Å². The van der Waals surface area contributed by atoms with Crippen molar-refractivity contribution in [1.82, 2.24) is 4.90 Å². The quantitative estimate of drug-likeness (QED) is 0.600. The van der Waals surface area contributed by atoms with Crippen LogP contribution in [-0.2, 0) is 14.0 Å². The van der Waals surface area contributed by atoms with E-state index in [0.29, 0.717) is 0 Å². The minimum absolute atomic E-state index is 0.0771. The van der Waals surface area contributed by atoms with E-state index in [1.807, 2.05) is 33.5 Å². The summed E-state index contributed by atoms with van der Waals surface area (Å²) in [5.41, 5.74) is 5.76. The zero-order valence-corrected chi connectivity index (χ0v) is 13.2. The van der Waals surface area contributed by atoms with Crippen LogP contribution in [0.1, 0.15) is 13.8 Å². The van der Waals surface area contributed by atoms with Gasteiger partial charge in [-0.2, -0.15) is 0 Å². The first-order chi connectivity index (χ1) is 8.04. The molecule has 0 aromatic rings. The molecule has 2 saturated heterocycles. The molecular weight excluding hydrogens is 268 g/mol. The van der Waals surface area contributed by atoms with Gasteiger partial charge in [-0.3, -0.25) is 9.59 Å². The molecule has 2 N–H and O–H groups in total. The normalized spacial score (nSPS) is 34.0. The maximum Gasteiger partial charge on any atom is 0.317 e. The predicted octanol–water partition coefficient (Wildman–Crippen LogP) is 0.754. The fraction of sp³-hybridized carbons (Fsp3) is 0.818. The van der Waals surface area contributed by atoms with Gasteiger partial charge >= 0.3 is 5.97 Å². The van der Waals surface area contributed by atoms with E-state index in [1.165, 1.54) is 0 Å². The molecule has 0 aromatic heterocycles. The lowest BCUT2D eigenvalue weighted by Gasteiger charge is -2.42. The molecule has 7 heteroatoms. The molecule has 5 nitrogen and oxygen atoms in total. The van der Waals surface area contributed by atoms with E-state index in [2.05, 4.69) is 0 Å². The molecule has 0 aromatic carbocycles. The van der Waals surface area contributed by atoms with E-state index in [0.717, 1.165) is 0 Å². The smallest absolute Gasteiger partial charge is 0.317 e. The average molecular weight is 288 g/mol.